The van der Waals surface area contributed by atoms with Crippen molar-refractivity contribution in [2.45, 2.75) is 20.8 Å². The average molecular weight is 249 g/mol. The van der Waals surface area contributed by atoms with Gasteiger partial charge in [0.1, 0.15) is 5.75 Å². The summed E-state index contributed by atoms with van der Waals surface area (Å²) in [6, 6.07) is 7.51. The first-order valence-electron chi connectivity index (χ1n) is 5.31. The molecule has 88 valence electrons. The van der Waals surface area contributed by atoms with Crippen molar-refractivity contribution in [1.82, 2.24) is 10.2 Å². The number of hydrogen-bond donors (Lipinski definition) is 0. The van der Waals surface area contributed by atoms with Crippen LogP contribution in [0.1, 0.15) is 16.7 Å². The molecule has 1 heterocycles. The highest BCUT2D eigenvalue weighted by Crippen LogP contribution is 2.28. The van der Waals surface area contributed by atoms with Crippen molar-refractivity contribution in [3.8, 4) is 11.6 Å². The highest BCUT2D eigenvalue weighted by atomic mass is 35.5. The fraction of sp³-hybridized carbons (Fsp3) is 0.231. The lowest BCUT2D eigenvalue weighted by Gasteiger charge is -2.11. The Bertz CT molecular complexity index is 515. The minimum Gasteiger partial charge on any atom is -0.437 e. The second kappa shape index (κ2) is 4.72. The van der Waals surface area contributed by atoms with Gasteiger partial charge in [-0.3, -0.25) is 0 Å². The number of hydrogen-bond acceptors (Lipinski definition) is 3. The van der Waals surface area contributed by atoms with Crippen molar-refractivity contribution < 1.29 is 4.74 Å². The maximum atomic E-state index is 5.72. The van der Waals surface area contributed by atoms with Crippen LogP contribution in [0.2, 0.25) is 5.15 Å². The predicted molar refractivity (Wildman–Crippen MR) is 67.8 cm³/mol. The standard InChI is InChI=1S/C13H13ClN2O/c1-8-6-9(2)13(10(3)7-8)17-12-5-4-11(14)15-16-12/h4-7H,1-3H3. The molecule has 3 nitrogen and oxygen atoms in total. The second-order valence-corrected chi connectivity index (χ2v) is 4.41. The van der Waals surface area contributed by atoms with Crippen molar-refractivity contribution in [1.29, 1.82) is 0 Å². The Labute approximate surface area is 105 Å². The van der Waals surface area contributed by atoms with E-state index in [4.69, 9.17) is 16.3 Å². The lowest BCUT2D eigenvalue weighted by molar-refractivity contribution is 0.448. The number of rotatable bonds is 2. The molecule has 1 aromatic carbocycles. The van der Waals surface area contributed by atoms with Crippen LogP contribution in [0.5, 0.6) is 11.6 Å². The number of aromatic nitrogens is 2. The van der Waals surface area contributed by atoms with E-state index >= 15 is 0 Å². The van der Waals surface area contributed by atoms with Crippen LogP contribution in [0.15, 0.2) is 24.3 Å². The van der Waals surface area contributed by atoms with Crippen LogP contribution in [-0.2, 0) is 0 Å². The third-order valence-corrected chi connectivity index (χ3v) is 2.62. The second-order valence-electron chi connectivity index (χ2n) is 4.02. The maximum Gasteiger partial charge on any atom is 0.238 e. The SMILES string of the molecule is Cc1cc(C)c(Oc2ccc(Cl)nn2)c(C)c1. The van der Waals surface area contributed by atoms with Gasteiger partial charge in [-0.1, -0.05) is 29.3 Å². The molecule has 0 aliphatic rings. The average Bonchev–Trinajstić information content (AvgIpc) is 2.26. The Morgan fingerprint density at radius 3 is 2.18 bits per heavy atom. The van der Waals surface area contributed by atoms with Gasteiger partial charge in [0.15, 0.2) is 5.15 Å². The summed E-state index contributed by atoms with van der Waals surface area (Å²) in [7, 11) is 0. The summed E-state index contributed by atoms with van der Waals surface area (Å²) >= 11 is 5.67. The largest absolute Gasteiger partial charge is 0.437 e. The third-order valence-electron chi connectivity index (χ3n) is 2.42. The van der Waals surface area contributed by atoms with Crippen LogP contribution in [0, 0.1) is 20.8 Å². The summed E-state index contributed by atoms with van der Waals surface area (Å²) < 4.78 is 5.72. The Morgan fingerprint density at radius 1 is 1.00 bits per heavy atom. The predicted octanol–water partition coefficient (Wildman–Crippen LogP) is 3.85. The van der Waals surface area contributed by atoms with Crippen molar-refractivity contribution in [3.63, 3.8) is 0 Å². The van der Waals surface area contributed by atoms with Crippen LogP contribution in [0.25, 0.3) is 0 Å². The molecule has 4 heteroatoms. The van der Waals surface area contributed by atoms with E-state index in [1.807, 2.05) is 13.8 Å². The van der Waals surface area contributed by atoms with E-state index in [1.54, 1.807) is 12.1 Å². The summed E-state index contributed by atoms with van der Waals surface area (Å²) in [4.78, 5) is 0. The third kappa shape index (κ3) is 2.74. The lowest BCUT2D eigenvalue weighted by atomic mass is 10.1. The molecule has 0 bridgehead atoms. The molecule has 0 radical (unpaired) electrons. The zero-order chi connectivity index (χ0) is 12.4. The molecular formula is C13H13ClN2O. The topological polar surface area (TPSA) is 35.0 Å². The first kappa shape index (κ1) is 11.9. The summed E-state index contributed by atoms with van der Waals surface area (Å²) in [5.41, 5.74) is 3.38. The van der Waals surface area contributed by atoms with Gasteiger partial charge in [-0.2, -0.15) is 0 Å². The Morgan fingerprint density at radius 2 is 1.65 bits per heavy atom. The van der Waals surface area contributed by atoms with E-state index in [-0.39, 0.29) is 0 Å². The number of benzene rings is 1. The van der Waals surface area contributed by atoms with Gasteiger partial charge in [-0.25, -0.2) is 0 Å². The van der Waals surface area contributed by atoms with Crippen molar-refractivity contribution in [3.05, 3.63) is 46.1 Å². The first-order valence-corrected chi connectivity index (χ1v) is 5.69. The number of ether oxygens (including phenoxy) is 1. The molecule has 0 unspecified atom stereocenters. The summed E-state index contributed by atoms with van der Waals surface area (Å²) in [5.74, 6) is 1.27. The molecule has 0 aliphatic heterocycles. The highest BCUT2D eigenvalue weighted by Gasteiger charge is 2.07. The van der Waals surface area contributed by atoms with Gasteiger partial charge < -0.3 is 4.74 Å². The molecule has 2 rings (SSSR count). The highest BCUT2D eigenvalue weighted by molar-refractivity contribution is 6.29. The molecule has 0 saturated heterocycles. The Hall–Kier alpha value is -1.61. The molecule has 0 spiro atoms. The van der Waals surface area contributed by atoms with E-state index in [9.17, 15) is 0 Å². The molecule has 1 aromatic heterocycles. The molecule has 0 N–H and O–H groups in total. The molecule has 0 atom stereocenters. The molecule has 2 aromatic rings. The lowest BCUT2D eigenvalue weighted by Crippen LogP contribution is -1.95. The minimum atomic E-state index is 0.356. The quantitative estimate of drug-likeness (QED) is 0.810. The van der Waals surface area contributed by atoms with Crippen molar-refractivity contribution in [2.75, 3.05) is 0 Å². The normalized spacial score (nSPS) is 10.4. The zero-order valence-electron chi connectivity index (χ0n) is 9.99. The van der Waals surface area contributed by atoms with Crippen LogP contribution >= 0.6 is 11.6 Å². The molecule has 0 aliphatic carbocycles. The van der Waals surface area contributed by atoms with Crippen LogP contribution in [0.4, 0.5) is 0 Å². The van der Waals surface area contributed by atoms with Gasteiger partial charge in [0.05, 0.1) is 0 Å². The smallest absolute Gasteiger partial charge is 0.238 e. The van der Waals surface area contributed by atoms with Crippen molar-refractivity contribution >= 4 is 11.6 Å². The monoisotopic (exact) mass is 248 g/mol. The van der Waals surface area contributed by atoms with E-state index < -0.39 is 0 Å². The minimum absolute atomic E-state index is 0.356. The van der Waals surface area contributed by atoms with Gasteiger partial charge >= 0.3 is 0 Å². The first-order chi connectivity index (χ1) is 8.06. The van der Waals surface area contributed by atoms with E-state index in [1.165, 1.54) is 5.56 Å². The van der Waals surface area contributed by atoms with Crippen LogP contribution < -0.4 is 4.74 Å². The number of nitrogens with zero attached hydrogens (tertiary/aromatic N) is 2. The zero-order valence-corrected chi connectivity index (χ0v) is 10.7. The van der Waals surface area contributed by atoms with Gasteiger partial charge in [-0.15, -0.1) is 10.2 Å². The molecule has 0 saturated carbocycles. The Kier molecular flexibility index (Phi) is 3.29. The van der Waals surface area contributed by atoms with Crippen molar-refractivity contribution in [2.24, 2.45) is 0 Å². The summed E-state index contributed by atoms with van der Waals surface area (Å²) in [5, 5.41) is 7.97. The fourth-order valence-corrected chi connectivity index (χ4v) is 1.89. The van der Waals surface area contributed by atoms with Gasteiger partial charge in [-0.05, 0) is 38.0 Å². The number of halogens is 1. The van der Waals surface area contributed by atoms with Gasteiger partial charge in [0.2, 0.25) is 5.88 Å². The van der Waals surface area contributed by atoms with E-state index in [2.05, 4.69) is 29.3 Å². The van der Waals surface area contributed by atoms with E-state index in [0.29, 0.717) is 11.0 Å². The van der Waals surface area contributed by atoms with Crippen LogP contribution in [-0.4, -0.2) is 10.2 Å². The maximum absolute atomic E-state index is 5.72. The molecule has 17 heavy (non-hydrogen) atoms. The molecular weight excluding hydrogens is 236 g/mol. The van der Waals surface area contributed by atoms with Gasteiger partial charge in [0.25, 0.3) is 0 Å². The fourth-order valence-electron chi connectivity index (χ4n) is 1.79. The summed E-state index contributed by atoms with van der Waals surface area (Å²) in [6.07, 6.45) is 0. The number of aryl methyl sites for hydroxylation is 3. The molecule has 0 fully saturated rings. The molecule has 0 amide bonds. The summed E-state index contributed by atoms with van der Waals surface area (Å²) in [6.45, 7) is 6.09. The van der Waals surface area contributed by atoms with Gasteiger partial charge in [0, 0.05) is 6.07 Å². The van der Waals surface area contributed by atoms with Crippen LogP contribution in [0.3, 0.4) is 0 Å². The Balaban J connectivity index is 2.33. The van der Waals surface area contributed by atoms with E-state index in [0.717, 1.165) is 16.9 Å².